The zero-order valence-electron chi connectivity index (χ0n) is 13.0. The Morgan fingerprint density at radius 2 is 2.21 bits per heavy atom. The van der Waals surface area contributed by atoms with E-state index < -0.39 is 11.0 Å². The Hall–Kier alpha value is -3.03. The topological polar surface area (TPSA) is 103 Å². The number of Topliss-reactive ketones (excluding diaryl/α,β-unsaturated/α-hetero) is 1. The lowest BCUT2D eigenvalue weighted by Crippen LogP contribution is -2.33. The minimum absolute atomic E-state index is 0.00789. The van der Waals surface area contributed by atoms with Crippen molar-refractivity contribution in [2.45, 2.75) is 25.8 Å². The van der Waals surface area contributed by atoms with Gasteiger partial charge in [-0.25, -0.2) is 4.68 Å². The molecule has 0 fully saturated rings. The zero-order chi connectivity index (χ0) is 16.8. The summed E-state index contributed by atoms with van der Waals surface area (Å²) in [6.07, 6.45) is 2.63. The van der Waals surface area contributed by atoms with Gasteiger partial charge in [0, 0.05) is 29.8 Å². The van der Waals surface area contributed by atoms with E-state index in [1.807, 2.05) is 6.92 Å². The number of carbonyl (C=O) groups is 1. The van der Waals surface area contributed by atoms with Crippen LogP contribution in [0.4, 0.5) is 11.6 Å². The zero-order valence-corrected chi connectivity index (χ0v) is 13.0. The minimum Gasteiger partial charge on any atom is -0.328 e. The first-order valence-corrected chi connectivity index (χ1v) is 7.71. The molecule has 2 aliphatic rings. The number of hydrogen-bond donors (Lipinski definition) is 1. The van der Waals surface area contributed by atoms with E-state index in [0.717, 1.165) is 12.1 Å². The van der Waals surface area contributed by atoms with Crippen molar-refractivity contribution in [3.05, 3.63) is 57.5 Å². The maximum absolute atomic E-state index is 12.7. The Morgan fingerprint density at radius 3 is 3.00 bits per heavy atom. The predicted molar refractivity (Wildman–Crippen MR) is 85.3 cm³/mol. The molecule has 1 aliphatic carbocycles. The third-order valence-corrected chi connectivity index (χ3v) is 4.46. The highest BCUT2D eigenvalue weighted by atomic mass is 16.6. The molecule has 0 unspecified atom stereocenters. The maximum Gasteiger partial charge on any atom is 0.269 e. The number of rotatable bonds is 2. The van der Waals surface area contributed by atoms with Gasteiger partial charge >= 0.3 is 0 Å². The maximum atomic E-state index is 12.7. The number of hydrogen-bond acceptors (Lipinski definition) is 6. The third kappa shape index (κ3) is 2.18. The van der Waals surface area contributed by atoms with Gasteiger partial charge in [0.25, 0.3) is 5.69 Å². The number of ketones is 1. The summed E-state index contributed by atoms with van der Waals surface area (Å²) in [6.45, 7) is 2.03. The van der Waals surface area contributed by atoms with E-state index in [1.165, 1.54) is 18.5 Å². The van der Waals surface area contributed by atoms with Gasteiger partial charge in [-0.05, 0) is 17.9 Å². The molecule has 1 N–H and O–H groups in total. The Balaban J connectivity index is 1.90. The summed E-state index contributed by atoms with van der Waals surface area (Å²) in [5, 5.41) is 18.5. The number of carbonyl (C=O) groups excluding carboxylic acids is 1. The number of nitro benzene ring substituents is 1. The average Bonchev–Trinajstić information content (AvgIpc) is 3.00. The van der Waals surface area contributed by atoms with Crippen molar-refractivity contribution >= 4 is 17.4 Å². The molecule has 0 bridgehead atoms. The molecule has 1 aromatic heterocycles. The van der Waals surface area contributed by atoms with Crippen LogP contribution in [0.3, 0.4) is 0 Å². The van der Waals surface area contributed by atoms with Crippen molar-refractivity contribution in [3.63, 3.8) is 0 Å². The number of allylic oxidation sites excluding steroid dienone is 2. The molecular weight excluding hydrogens is 310 g/mol. The average molecular weight is 325 g/mol. The predicted octanol–water partition coefficient (Wildman–Crippen LogP) is 2.45. The van der Waals surface area contributed by atoms with E-state index in [0.29, 0.717) is 23.5 Å². The highest BCUT2D eigenvalue weighted by molar-refractivity contribution is 5.99. The van der Waals surface area contributed by atoms with Crippen LogP contribution in [0.5, 0.6) is 0 Å². The van der Waals surface area contributed by atoms with Crippen LogP contribution in [0.25, 0.3) is 0 Å². The summed E-state index contributed by atoms with van der Waals surface area (Å²) in [7, 11) is 0. The fourth-order valence-electron chi connectivity index (χ4n) is 3.46. The standard InChI is InChI=1S/C16H15N5O3/c1-9-5-12-14(13(22)6-9)15(20-16(19-12)17-8-18-20)10-3-2-4-11(7-10)21(23)24/h2-4,7-9,15H,5-6H2,1H3,(H,17,18,19)/t9-,15+/m0/s1. The number of nitro groups is 1. The second kappa shape index (κ2) is 5.26. The molecule has 8 heteroatoms. The smallest absolute Gasteiger partial charge is 0.269 e. The van der Waals surface area contributed by atoms with Crippen LogP contribution >= 0.6 is 0 Å². The highest BCUT2D eigenvalue weighted by Gasteiger charge is 2.38. The lowest BCUT2D eigenvalue weighted by atomic mass is 9.81. The monoisotopic (exact) mass is 325 g/mol. The normalized spacial score (nSPS) is 22.6. The summed E-state index contributed by atoms with van der Waals surface area (Å²) in [4.78, 5) is 27.5. The molecule has 2 aromatic rings. The molecule has 4 rings (SSSR count). The first-order chi connectivity index (χ1) is 11.5. The van der Waals surface area contributed by atoms with Crippen molar-refractivity contribution in [1.82, 2.24) is 14.8 Å². The van der Waals surface area contributed by atoms with E-state index in [2.05, 4.69) is 15.4 Å². The molecule has 0 amide bonds. The van der Waals surface area contributed by atoms with E-state index in [1.54, 1.807) is 16.8 Å². The number of anilines is 1. The summed E-state index contributed by atoms with van der Waals surface area (Å²) in [6, 6.07) is 5.86. The second-order valence-corrected chi connectivity index (χ2v) is 6.24. The molecule has 2 heterocycles. The molecule has 0 radical (unpaired) electrons. The molecule has 1 aliphatic heterocycles. The van der Waals surface area contributed by atoms with Gasteiger partial charge in [-0.3, -0.25) is 14.9 Å². The van der Waals surface area contributed by atoms with Crippen molar-refractivity contribution < 1.29 is 9.72 Å². The Bertz CT molecular complexity index is 885. The van der Waals surface area contributed by atoms with Gasteiger partial charge in [-0.2, -0.15) is 10.1 Å². The summed E-state index contributed by atoms with van der Waals surface area (Å²) in [5.74, 6) is 0.852. The Kier molecular flexibility index (Phi) is 3.19. The quantitative estimate of drug-likeness (QED) is 0.672. The van der Waals surface area contributed by atoms with Crippen LogP contribution < -0.4 is 5.32 Å². The number of nitrogens with zero attached hydrogens (tertiary/aromatic N) is 4. The van der Waals surface area contributed by atoms with E-state index >= 15 is 0 Å². The SMILES string of the molecule is C[C@@H]1CC(=O)C2=C(C1)Nc1ncnn1[C@@H]2c1cccc([N+](=O)[O-])c1. The van der Waals surface area contributed by atoms with E-state index in [4.69, 9.17) is 0 Å². The molecule has 8 nitrogen and oxygen atoms in total. The van der Waals surface area contributed by atoms with Gasteiger partial charge in [0.2, 0.25) is 5.95 Å². The van der Waals surface area contributed by atoms with Gasteiger partial charge in [-0.15, -0.1) is 0 Å². The fraction of sp³-hybridized carbons (Fsp3) is 0.312. The molecule has 0 saturated carbocycles. The van der Waals surface area contributed by atoms with Gasteiger partial charge < -0.3 is 5.32 Å². The number of aromatic nitrogens is 3. The number of benzene rings is 1. The summed E-state index contributed by atoms with van der Waals surface area (Å²) >= 11 is 0. The minimum atomic E-state index is -0.487. The molecule has 24 heavy (non-hydrogen) atoms. The fourth-order valence-corrected chi connectivity index (χ4v) is 3.46. The van der Waals surface area contributed by atoms with E-state index in [-0.39, 0.29) is 17.4 Å². The largest absolute Gasteiger partial charge is 0.328 e. The van der Waals surface area contributed by atoms with Crippen LogP contribution in [0.1, 0.15) is 31.4 Å². The lowest BCUT2D eigenvalue weighted by molar-refractivity contribution is -0.384. The van der Waals surface area contributed by atoms with Gasteiger partial charge in [0.15, 0.2) is 5.78 Å². The molecule has 2 atom stereocenters. The Morgan fingerprint density at radius 1 is 1.38 bits per heavy atom. The van der Waals surface area contributed by atoms with Crippen LogP contribution in [-0.4, -0.2) is 25.5 Å². The van der Waals surface area contributed by atoms with Crippen LogP contribution in [0.2, 0.25) is 0 Å². The van der Waals surface area contributed by atoms with Crippen molar-refractivity contribution in [1.29, 1.82) is 0 Å². The first-order valence-electron chi connectivity index (χ1n) is 7.71. The highest BCUT2D eigenvalue weighted by Crippen LogP contribution is 2.41. The van der Waals surface area contributed by atoms with Crippen LogP contribution in [-0.2, 0) is 4.79 Å². The van der Waals surface area contributed by atoms with Crippen LogP contribution in [0, 0.1) is 16.0 Å². The second-order valence-electron chi connectivity index (χ2n) is 6.24. The van der Waals surface area contributed by atoms with Crippen LogP contribution in [0.15, 0.2) is 41.9 Å². The number of nitrogens with one attached hydrogen (secondary N) is 1. The number of fused-ring (bicyclic) bond motifs is 1. The molecule has 0 saturated heterocycles. The Labute approximate surface area is 137 Å². The van der Waals surface area contributed by atoms with Gasteiger partial charge in [-0.1, -0.05) is 19.1 Å². The molecule has 0 spiro atoms. The molecule has 1 aromatic carbocycles. The van der Waals surface area contributed by atoms with E-state index in [9.17, 15) is 14.9 Å². The first kappa shape index (κ1) is 14.6. The third-order valence-electron chi connectivity index (χ3n) is 4.46. The van der Waals surface area contributed by atoms with Crippen molar-refractivity contribution in [3.8, 4) is 0 Å². The summed E-state index contributed by atoms with van der Waals surface area (Å²) in [5.41, 5.74) is 2.13. The number of non-ortho nitro benzene ring substituents is 1. The van der Waals surface area contributed by atoms with Crippen molar-refractivity contribution in [2.24, 2.45) is 5.92 Å². The molecule has 122 valence electrons. The summed E-state index contributed by atoms with van der Waals surface area (Å²) < 4.78 is 1.62. The van der Waals surface area contributed by atoms with Gasteiger partial charge in [0.1, 0.15) is 12.4 Å². The van der Waals surface area contributed by atoms with Gasteiger partial charge in [0.05, 0.1) is 4.92 Å². The molecular formula is C16H15N5O3. The lowest BCUT2D eigenvalue weighted by Gasteiger charge is -2.34. The van der Waals surface area contributed by atoms with Crippen molar-refractivity contribution in [2.75, 3.05) is 5.32 Å².